The van der Waals surface area contributed by atoms with Gasteiger partial charge in [0.05, 0.1) is 23.4 Å². The third-order valence-corrected chi connectivity index (χ3v) is 6.02. The molecule has 3 amide bonds. The van der Waals surface area contributed by atoms with Crippen LogP contribution >= 0.6 is 34.8 Å². The van der Waals surface area contributed by atoms with Crippen LogP contribution in [-0.2, 0) is 14.3 Å². The van der Waals surface area contributed by atoms with Gasteiger partial charge in [-0.05, 0) is 60.7 Å². The molecule has 0 radical (unpaired) electrons. The zero-order chi connectivity index (χ0) is 26.0. The van der Waals surface area contributed by atoms with Gasteiger partial charge in [0.2, 0.25) is 0 Å². The largest absolute Gasteiger partial charge is 0.465 e. The average molecular weight is 545 g/mol. The summed E-state index contributed by atoms with van der Waals surface area (Å²) in [6, 6.07) is 16.8. The van der Waals surface area contributed by atoms with Crippen LogP contribution < -0.4 is 15.5 Å². The van der Waals surface area contributed by atoms with Gasteiger partial charge in [0.25, 0.3) is 17.7 Å². The summed E-state index contributed by atoms with van der Waals surface area (Å²) in [5, 5.41) is 5.66. The number of halogens is 3. The van der Waals surface area contributed by atoms with Crippen LogP contribution in [0.25, 0.3) is 0 Å². The molecule has 1 aliphatic heterocycles. The Morgan fingerprint density at radius 1 is 0.833 bits per heavy atom. The summed E-state index contributed by atoms with van der Waals surface area (Å²) in [6.07, 6.45) is 0. The molecule has 0 bridgehead atoms. The highest BCUT2D eigenvalue weighted by molar-refractivity contribution is 6.54. The number of hydrogen-bond acceptors (Lipinski definition) is 6. The van der Waals surface area contributed by atoms with E-state index in [-0.39, 0.29) is 27.0 Å². The summed E-state index contributed by atoms with van der Waals surface area (Å²) < 4.78 is 4.65. The van der Waals surface area contributed by atoms with E-state index < -0.39 is 23.7 Å². The van der Waals surface area contributed by atoms with Crippen molar-refractivity contribution < 1.29 is 23.9 Å². The van der Waals surface area contributed by atoms with Gasteiger partial charge in [0.1, 0.15) is 10.7 Å². The zero-order valence-electron chi connectivity index (χ0n) is 18.5. The average Bonchev–Trinajstić information content (AvgIpc) is 3.07. The first-order chi connectivity index (χ1) is 17.2. The highest BCUT2D eigenvalue weighted by atomic mass is 35.5. The van der Waals surface area contributed by atoms with E-state index in [1.807, 2.05) is 0 Å². The minimum Gasteiger partial charge on any atom is -0.465 e. The molecule has 0 spiro atoms. The molecule has 1 aliphatic rings. The minimum absolute atomic E-state index is 0.105. The Bertz CT molecular complexity index is 1440. The Morgan fingerprint density at radius 3 is 2.22 bits per heavy atom. The Balaban J connectivity index is 1.51. The first kappa shape index (κ1) is 25.2. The number of carbonyl (C=O) groups excluding carboxylic acids is 4. The monoisotopic (exact) mass is 543 g/mol. The summed E-state index contributed by atoms with van der Waals surface area (Å²) in [5.41, 5.74) is 1.39. The molecule has 3 aromatic carbocycles. The lowest BCUT2D eigenvalue weighted by molar-refractivity contribution is -0.120. The Morgan fingerprint density at radius 2 is 1.56 bits per heavy atom. The molecule has 0 atom stereocenters. The number of anilines is 3. The fourth-order valence-electron chi connectivity index (χ4n) is 3.39. The van der Waals surface area contributed by atoms with Crippen LogP contribution in [0, 0.1) is 0 Å². The number of carbonyl (C=O) groups is 4. The van der Waals surface area contributed by atoms with Crippen molar-refractivity contribution in [1.82, 2.24) is 0 Å². The molecule has 36 heavy (non-hydrogen) atoms. The third-order valence-electron chi connectivity index (χ3n) is 5.14. The molecule has 2 N–H and O–H groups in total. The van der Waals surface area contributed by atoms with Gasteiger partial charge in [0, 0.05) is 22.0 Å². The minimum atomic E-state index is -0.752. The molecular formula is C25H16Cl3N3O5. The lowest BCUT2D eigenvalue weighted by Crippen LogP contribution is -2.32. The van der Waals surface area contributed by atoms with Crippen molar-refractivity contribution >= 4 is 75.6 Å². The van der Waals surface area contributed by atoms with E-state index in [1.54, 1.807) is 30.3 Å². The van der Waals surface area contributed by atoms with Crippen molar-refractivity contribution in [1.29, 1.82) is 0 Å². The molecule has 0 aromatic heterocycles. The number of hydrogen-bond donors (Lipinski definition) is 2. The van der Waals surface area contributed by atoms with Crippen LogP contribution in [-0.4, -0.2) is 30.8 Å². The summed E-state index contributed by atoms with van der Waals surface area (Å²) in [6.45, 7) is 0. The maximum Gasteiger partial charge on any atom is 0.337 e. The molecule has 11 heteroatoms. The maximum atomic E-state index is 13.0. The normalized spacial score (nSPS) is 13.2. The number of nitrogens with one attached hydrogen (secondary N) is 2. The third kappa shape index (κ3) is 5.06. The van der Waals surface area contributed by atoms with Gasteiger partial charge in [-0.2, -0.15) is 0 Å². The molecule has 3 aromatic rings. The molecule has 0 fully saturated rings. The SMILES string of the molecule is COC(=O)c1ccc(NC(=O)c2cccc(NC3=C(Cl)C(=O)N(c4ccc(Cl)cc4Cl)C3=O)c2)cc1. The Hall–Kier alpha value is -3.85. The fourth-order valence-corrected chi connectivity index (χ4v) is 4.09. The van der Waals surface area contributed by atoms with Crippen LogP contribution in [0.2, 0.25) is 10.0 Å². The number of benzene rings is 3. The highest BCUT2D eigenvalue weighted by Crippen LogP contribution is 2.35. The molecule has 0 aliphatic carbocycles. The molecule has 8 nitrogen and oxygen atoms in total. The van der Waals surface area contributed by atoms with Crippen molar-refractivity contribution in [3.63, 3.8) is 0 Å². The lowest BCUT2D eigenvalue weighted by Gasteiger charge is -2.16. The summed E-state index contributed by atoms with van der Waals surface area (Å²) in [5.74, 6) is -2.39. The van der Waals surface area contributed by atoms with Gasteiger partial charge in [0.15, 0.2) is 0 Å². The maximum absolute atomic E-state index is 13.0. The number of esters is 1. The number of imide groups is 1. The number of methoxy groups -OCH3 is 1. The number of rotatable bonds is 6. The van der Waals surface area contributed by atoms with Crippen LogP contribution in [0.1, 0.15) is 20.7 Å². The summed E-state index contributed by atoms with van der Waals surface area (Å²) >= 11 is 18.3. The number of nitrogens with zero attached hydrogens (tertiary/aromatic N) is 1. The van der Waals surface area contributed by atoms with E-state index in [1.165, 1.54) is 43.5 Å². The molecular weight excluding hydrogens is 529 g/mol. The van der Waals surface area contributed by atoms with Gasteiger partial charge >= 0.3 is 5.97 Å². The van der Waals surface area contributed by atoms with Gasteiger partial charge < -0.3 is 15.4 Å². The van der Waals surface area contributed by atoms with Crippen LogP contribution in [0.15, 0.2) is 77.5 Å². The molecule has 0 saturated heterocycles. The molecule has 1 heterocycles. The fraction of sp³-hybridized carbons (Fsp3) is 0.0400. The second kappa shape index (κ2) is 10.4. The quantitative estimate of drug-likeness (QED) is 0.315. The second-order valence-corrected chi connectivity index (χ2v) is 8.68. The Labute approximate surface area is 220 Å². The molecule has 0 saturated carbocycles. The number of ether oxygens (including phenoxy) is 1. The van der Waals surface area contributed by atoms with E-state index in [4.69, 9.17) is 34.8 Å². The van der Waals surface area contributed by atoms with Gasteiger partial charge in [-0.25, -0.2) is 9.69 Å². The van der Waals surface area contributed by atoms with E-state index in [9.17, 15) is 19.2 Å². The Kier molecular flexibility index (Phi) is 7.30. The molecule has 4 rings (SSSR count). The van der Waals surface area contributed by atoms with Crippen molar-refractivity contribution in [2.24, 2.45) is 0 Å². The van der Waals surface area contributed by atoms with Crippen molar-refractivity contribution in [3.8, 4) is 0 Å². The van der Waals surface area contributed by atoms with Gasteiger partial charge in [-0.1, -0.05) is 40.9 Å². The van der Waals surface area contributed by atoms with E-state index >= 15 is 0 Å². The zero-order valence-corrected chi connectivity index (χ0v) is 20.7. The molecule has 0 unspecified atom stereocenters. The number of amides is 3. The first-order valence-corrected chi connectivity index (χ1v) is 11.4. The van der Waals surface area contributed by atoms with Gasteiger partial charge in [-0.15, -0.1) is 0 Å². The van der Waals surface area contributed by atoms with Crippen LogP contribution in [0.3, 0.4) is 0 Å². The van der Waals surface area contributed by atoms with Crippen LogP contribution in [0.5, 0.6) is 0 Å². The van der Waals surface area contributed by atoms with Crippen molar-refractivity contribution in [2.45, 2.75) is 0 Å². The predicted molar refractivity (Wildman–Crippen MR) is 138 cm³/mol. The summed E-state index contributed by atoms with van der Waals surface area (Å²) in [4.78, 5) is 50.9. The van der Waals surface area contributed by atoms with Crippen LogP contribution in [0.4, 0.5) is 17.1 Å². The van der Waals surface area contributed by atoms with E-state index in [2.05, 4.69) is 15.4 Å². The van der Waals surface area contributed by atoms with Crippen molar-refractivity contribution in [2.75, 3.05) is 22.6 Å². The van der Waals surface area contributed by atoms with Gasteiger partial charge in [-0.3, -0.25) is 14.4 Å². The van der Waals surface area contributed by atoms with E-state index in [0.717, 1.165) is 4.90 Å². The molecule has 182 valence electrons. The van der Waals surface area contributed by atoms with E-state index in [0.29, 0.717) is 22.0 Å². The smallest absolute Gasteiger partial charge is 0.337 e. The standard InChI is InChI=1S/C25H16Cl3N3O5/c1-36-25(35)13-5-8-16(9-6-13)30-22(32)14-3-2-4-17(11-14)29-21-20(28)23(33)31(24(21)34)19-10-7-15(26)12-18(19)27/h2-12,29H,1H3,(H,30,32). The second-order valence-electron chi connectivity index (χ2n) is 7.46. The topological polar surface area (TPSA) is 105 Å². The highest BCUT2D eigenvalue weighted by Gasteiger charge is 2.39. The summed E-state index contributed by atoms with van der Waals surface area (Å²) in [7, 11) is 1.28. The predicted octanol–water partition coefficient (Wildman–Crippen LogP) is 5.47. The van der Waals surface area contributed by atoms with Crippen molar-refractivity contribution in [3.05, 3.63) is 98.6 Å². The lowest BCUT2D eigenvalue weighted by atomic mass is 10.1. The first-order valence-electron chi connectivity index (χ1n) is 10.3.